The number of sulfonamides is 1. The molecule has 0 heterocycles. The van der Waals surface area contributed by atoms with Crippen LogP contribution in [0.1, 0.15) is 24.1 Å². The van der Waals surface area contributed by atoms with Crippen LogP contribution in [0, 0.1) is 5.82 Å². The molecular formula is C23H22ClFN2O3S. The molecule has 0 saturated heterocycles. The maximum Gasteiger partial charge on any atom is 0.243 e. The molecule has 0 aliphatic rings. The van der Waals surface area contributed by atoms with Gasteiger partial charge in [0.15, 0.2) is 0 Å². The van der Waals surface area contributed by atoms with E-state index in [1.807, 2.05) is 6.07 Å². The zero-order valence-electron chi connectivity index (χ0n) is 16.8. The molecule has 0 aliphatic carbocycles. The van der Waals surface area contributed by atoms with Gasteiger partial charge in [-0.1, -0.05) is 54.1 Å². The normalized spacial score (nSPS) is 12.5. The van der Waals surface area contributed by atoms with Crippen molar-refractivity contribution in [3.63, 3.8) is 0 Å². The van der Waals surface area contributed by atoms with Crippen molar-refractivity contribution in [3.8, 4) is 0 Å². The second-order valence-electron chi connectivity index (χ2n) is 7.05. The van der Waals surface area contributed by atoms with Crippen molar-refractivity contribution in [1.29, 1.82) is 0 Å². The van der Waals surface area contributed by atoms with Crippen LogP contribution >= 0.6 is 11.6 Å². The molecule has 162 valence electrons. The van der Waals surface area contributed by atoms with Crippen molar-refractivity contribution in [3.05, 3.63) is 101 Å². The number of hydrogen-bond donors (Lipinski definition) is 1. The summed E-state index contributed by atoms with van der Waals surface area (Å²) in [4.78, 5) is 12.6. The molecule has 3 rings (SSSR count). The molecule has 0 spiro atoms. The van der Waals surface area contributed by atoms with Gasteiger partial charge < -0.3 is 5.32 Å². The number of carbonyl (C=O) groups is 1. The average molecular weight is 461 g/mol. The average Bonchev–Trinajstić information content (AvgIpc) is 2.74. The standard InChI is InChI=1S/C23H22ClFN2O3S/c1-17(19-7-9-20(24)10-8-19)26-23(28)16-27(15-18-5-3-2-4-6-18)31(29,30)22-13-11-21(25)12-14-22/h2-14,17H,15-16H2,1H3,(H,26,28). The molecule has 0 radical (unpaired) electrons. The summed E-state index contributed by atoms with van der Waals surface area (Å²) in [5, 5.41) is 3.40. The van der Waals surface area contributed by atoms with Gasteiger partial charge in [0.1, 0.15) is 5.82 Å². The Bertz CT molecular complexity index is 1120. The highest BCUT2D eigenvalue weighted by molar-refractivity contribution is 7.89. The molecule has 5 nitrogen and oxygen atoms in total. The summed E-state index contributed by atoms with van der Waals surface area (Å²) in [6.07, 6.45) is 0. The van der Waals surface area contributed by atoms with Gasteiger partial charge in [-0.2, -0.15) is 4.31 Å². The van der Waals surface area contributed by atoms with Crippen molar-refractivity contribution in [1.82, 2.24) is 9.62 Å². The van der Waals surface area contributed by atoms with Crippen molar-refractivity contribution < 1.29 is 17.6 Å². The van der Waals surface area contributed by atoms with Gasteiger partial charge in [0.2, 0.25) is 15.9 Å². The fourth-order valence-corrected chi connectivity index (χ4v) is 4.56. The Labute approximate surface area is 186 Å². The van der Waals surface area contributed by atoms with Crippen LogP contribution in [0.3, 0.4) is 0 Å². The fourth-order valence-electron chi connectivity index (χ4n) is 3.05. The number of rotatable bonds is 8. The monoisotopic (exact) mass is 460 g/mol. The maximum absolute atomic E-state index is 13.3. The van der Waals surface area contributed by atoms with E-state index in [1.54, 1.807) is 55.5 Å². The second kappa shape index (κ2) is 10.0. The molecule has 1 amide bonds. The minimum absolute atomic E-state index is 0.00327. The lowest BCUT2D eigenvalue weighted by atomic mass is 10.1. The van der Waals surface area contributed by atoms with Gasteiger partial charge in [-0.15, -0.1) is 0 Å². The van der Waals surface area contributed by atoms with E-state index in [9.17, 15) is 17.6 Å². The van der Waals surface area contributed by atoms with Gasteiger partial charge in [-0.05, 0) is 54.4 Å². The molecular weight excluding hydrogens is 439 g/mol. The van der Waals surface area contributed by atoms with Crippen LogP contribution in [0.5, 0.6) is 0 Å². The molecule has 0 bridgehead atoms. The summed E-state index contributed by atoms with van der Waals surface area (Å²) >= 11 is 5.90. The first kappa shape index (κ1) is 22.9. The highest BCUT2D eigenvalue weighted by atomic mass is 35.5. The molecule has 0 aromatic heterocycles. The number of benzene rings is 3. The molecule has 1 atom stereocenters. The Morgan fingerprint density at radius 1 is 1.00 bits per heavy atom. The van der Waals surface area contributed by atoms with Gasteiger partial charge in [0.25, 0.3) is 0 Å². The van der Waals surface area contributed by atoms with Crippen LogP contribution < -0.4 is 5.32 Å². The maximum atomic E-state index is 13.3. The molecule has 0 fully saturated rings. The van der Waals surface area contributed by atoms with Gasteiger partial charge in [0.05, 0.1) is 17.5 Å². The third kappa shape index (κ3) is 6.13. The van der Waals surface area contributed by atoms with Gasteiger partial charge in [-0.25, -0.2) is 12.8 Å². The van der Waals surface area contributed by atoms with Crippen molar-refractivity contribution in [2.75, 3.05) is 6.54 Å². The summed E-state index contributed by atoms with van der Waals surface area (Å²) in [6.45, 7) is 1.42. The molecule has 31 heavy (non-hydrogen) atoms. The lowest BCUT2D eigenvalue weighted by Gasteiger charge is -2.23. The topological polar surface area (TPSA) is 66.5 Å². The zero-order chi connectivity index (χ0) is 22.4. The Hall–Kier alpha value is -2.74. The van der Waals surface area contributed by atoms with Gasteiger partial charge in [-0.3, -0.25) is 4.79 Å². The molecule has 3 aromatic carbocycles. The number of hydrogen-bond acceptors (Lipinski definition) is 3. The number of nitrogens with one attached hydrogen (secondary N) is 1. The van der Waals surface area contributed by atoms with Gasteiger partial charge in [0, 0.05) is 11.6 Å². The Kier molecular flexibility index (Phi) is 7.43. The number of amides is 1. The number of nitrogens with zero attached hydrogens (tertiary/aromatic N) is 1. The lowest BCUT2D eigenvalue weighted by Crippen LogP contribution is -2.41. The largest absolute Gasteiger partial charge is 0.348 e. The highest BCUT2D eigenvalue weighted by Crippen LogP contribution is 2.20. The SMILES string of the molecule is CC(NC(=O)CN(Cc1ccccc1)S(=O)(=O)c1ccc(F)cc1)c1ccc(Cl)cc1. The summed E-state index contributed by atoms with van der Waals surface area (Å²) < 4.78 is 40.7. The van der Waals surface area contributed by atoms with E-state index in [0.717, 1.165) is 27.6 Å². The van der Waals surface area contributed by atoms with E-state index in [-0.39, 0.29) is 24.0 Å². The van der Waals surface area contributed by atoms with E-state index in [1.165, 1.54) is 12.1 Å². The first-order valence-corrected chi connectivity index (χ1v) is 11.4. The summed E-state index contributed by atoms with van der Waals surface area (Å²) in [6, 6.07) is 20.2. The smallest absolute Gasteiger partial charge is 0.243 e. The molecule has 1 unspecified atom stereocenters. The van der Waals surface area contributed by atoms with E-state index >= 15 is 0 Å². The Morgan fingerprint density at radius 3 is 2.23 bits per heavy atom. The summed E-state index contributed by atoms with van der Waals surface area (Å²) in [5.74, 6) is -0.993. The lowest BCUT2D eigenvalue weighted by molar-refractivity contribution is -0.122. The van der Waals surface area contributed by atoms with E-state index < -0.39 is 21.7 Å². The minimum Gasteiger partial charge on any atom is -0.348 e. The van der Waals surface area contributed by atoms with Crippen molar-refractivity contribution >= 4 is 27.5 Å². The molecule has 8 heteroatoms. The van der Waals surface area contributed by atoms with Gasteiger partial charge >= 0.3 is 0 Å². The van der Waals surface area contributed by atoms with E-state index in [0.29, 0.717) is 5.02 Å². The van der Waals surface area contributed by atoms with Crippen LogP contribution in [-0.4, -0.2) is 25.2 Å². The van der Waals surface area contributed by atoms with E-state index in [2.05, 4.69) is 5.32 Å². The van der Waals surface area contributed by atoms with Crippen LogP contribution in [0.2, 0.25) is 5.02 Å². The highest BCUT2D eigenvalue weighted by Gasteiger charge is 2.27. The number of halogens is 2. The molecule has 0 saturated carbocycles. The predicted octanol–water partition coefficient (Wildman–Crippen LogP) is 4.55. The first-order valence-electron chi connectivity index (χ1n) is 9.60. The first-order chi connectivity index (χ1) is 14.8. The molecule has 3 aromatic rings. The molecule has 0 aliphatic heterocycles. The molecule has 1 N–H and O–H groups in total. The third-order valence-electron chi connectivity index (χ3n) is 4.72. The summed E-state index contributed by atoms with van der Waals surface area (Å²) in [7, 11) is -4.03. The minimum atomic E-state index is -4.03. The van der Waals surface area contributed by atoms with Crippen molar-refractivity contribution in [2.45, 2.75) is 24.4 Å². The Balaban J connectivity index is 1.81. The second-order valence-corrected chi connectivity index (χ2v) is 9.43. The van der Waals surface area contributed by atoms with Crippen LogP contribution in [0.25, 0.3) is 0 Å². The predicted molar refractivity (Wildman–Crippen MR) is 118 cm³/mol. The van der Waals surface area contributed by atoms with Crippen molar-refractivity contribution in [2.24, 2.45) is 0 Å². The quantitative estimate of drug-likeness (QED) is 0.536. The van der Waals surface area contributed by atoms with Crippen LogP contribution in [-0.2, 0) is 21.4 Å². The Morgan fingerprint density at radius 2 is 1.61 bits per heavy atom. The van der Waals surface area contributed by atoms with E-state index in [4.69, 9.17) is 11.6 Å². The third-order valence-corrected chi connectivity index (χ3v) is 6.78. The zero-order valence-corrected chi connectivity index (χ0v) is 18.4. The van der Waals surface area contributed by atoms with Crippen LogP contribution in [0.15, 0.2) is 83.8 Å². The fraction of sp³-hybridized carbons (Fsp3) is 0.174. The number of carbonyl (C=O) groups excluding carboxylic acids is 1. The summed E-state index contributed by atoms with van der Waals surface area (Å²) in [5.41, 5.74) is 1.57. The van der Waals surface area contributed by atoms with Crippen LogP contribution in [0.4, 0.5) is 4.39 Å².